The van der Waals surface area contributed by atoms with Gasteiger partial charge >= 0.3 is 0 Å². The number of aryl methyl sites for hydroxylation is 1. The summed E-state index contributed by atoms with van der Waals surface area (Å²) < 4.78 is 15.2. The van der Waals surface area contributed by atoms with Gasteiger partial charge in [-0.3, -0.25) is 0 Å². The number of aromatic hydroxyl groups is 1. The molecule has 1 aliphatic rings. The van der Waals surface area contributed by atoms with E-state index in [1.54, 1.807) is 30.3 Å². The molecule has 1 fully saturated rings. The molecule has 0 unspecified atom stereocenters. The van der Waals surface area contributed by atoms with E-state index in [2.05, 4.69) is 23.7 Å². The molecular weight excluding hydrogens is 371 g/mol. The molecule has 0 atom stereocenters. The fourth-order valence-electron chi connectivity index (χ4n) is 3.03. The Hall–Kier alpha value is -3.49. The summed E-state index contributed by atoms with van der Waals surface area (Å²) in [4.78, 5) is 0. The van der Waals surface area contributed by atoms with Gasteiger partial charge in [-0.1, -0.05) is 55.2 Å². The monoisotopic (exact) mass is 396 g/mol. The van der Waals surface area contributed by atoms with E-state index in [-0.39, 0.29) is 17.5 Å². The maximum atomic E-state index is 15.2. The summed E-state index contributed by atoms with van der Waals surface area (Å²) in [6.07, 6.45) is 1.97. The van der Waals surface area contributed by atoms with Crippen molar-refractivity contribution >= 4 is 0 Å². The predicted molar refractivity (Wildman–Crippen MR) is 121 cm³/mol. The number of benzene rings is 3. The molecule has 2 heteroatoms. The Balaban J connectivity index is 0.00000124. The van der Waals surface area contributed by atoms with Crippen LogP contribution in [-0.4, -0.2) is 5.11 Å². The van der Waals surface area contributed by atoms with Crippen LogP contribution < -0.4 is 0 Å². The number of phenolic OH excluding ortho intramolecular Hbond substituents is 1. The van der Waals surface area contributed by atoms with E-state index in [0.29, 0.717) is 16.7 Å². The molecule has 1 saturated carbocycles. The van der Waals surface area contributed by atoms with Crippen LogP contribution in [0.1, 0.15) is 66.0 Å². The molecule has 30 heavy (non-hydrogen) atoms. The van der Waals surface area contributed by atoms with Gasteiger partial charge in [0, 0.05) is 22.3 Å². The Labute approximate surface area is 178 Å². The Morgan fingerprint density at radius 3 is 1.80 bits per heavy atom. The molecule has 1 aliphatic carbocycles. The van der Waals surface area contributed by atoms with Gasteiger partial charge in [0.15, 0.2) is 0 Å². The molecule has 3 aromatic rings. The maximum Gasteiger partial charge on any atom is 0.143 e. The smallest absolute Gasteiger partial charge is 0.143 e. The van der Waals surface area contributed by atoms with Crippen LogP contribution in [0.2, 0.25) is 0 Å². The van der Waals surface area contributed by atoms with Crippen molar-refractivity contribution in [3.63, 3.8) is 0 Å². The lowest BCUT2D eigenvalue weighted by Crippen LogP contribution is -1.97. The van der Waals surface area contributed by atoms with Crippen molar-refractivity contribution in [1.29, 1.82) is 0 Å². The summed E-state index contributed by atoms with van der Waals surface area (Å²) in [5.74, 6) is 12.4. The normalized spacial score (nSPS) is 11.9. The summed E-state index contributed by atoms with van der Waals surface area (Å²) in [6.45, 7) is 6.02. The molecule has 0 heterocycles. The first-order valence-electron chi connectivity index (χ1n) is 10.3. The van der Waals surface area contributed by atoms with Crippen LogP contribution in [-0.2, 0) is 0 Å². The highest BCUT2D eigenvalue weighted by Gasteiger charge is 2.29. The summed E-state index contributed by atoms with van der Waals surface area (Å²) >= 11 is 0. The standard InChI is InChI=1S/C26H19FO.C2H6/c1-18-2-4-19(5-3-18)7-11-23-15-14-21(25(26(23)27)22-12-13-22)10-6-20-8-16-24(28)17-9-20;1-2/h2-5,8-9,14-17,22,28H,12-13H2,1H3;1-2H3. The average molecular weight is 397 g/mol. The van der Waals surface area contributed by atoms with E-state index < -0.39 is 0 Å². The van der Waals surface area contributed by atoms with Crippen LogP contribution in [0.3, 0.4) is 0 Å². The van der Waals surface area contributed by atoms with Crippen molar-refractivity contribution in [1.82, 2.24) is 0 Å². The van der Waals surface area contributed by atoms with Gasteiger partial charge in [0.25, 0.3) is 0 Å². The Kier molecular flexibility index (Phi) is 6.95. The van der Waals surface area contributed by atoms with E-state index in [0.717, 1.165) is 24.0 Å². The minimum absolute atomic E-state index is 0.201. The molecule has 0 radical (unpaired) electrons. The van der Waals surface area contributed by atoms with Crippen LogP contribution >= 0.6 is 0 Å². The first-order chi connectivity index (χ1) is 14.6. The third-order valence-corrected chi connectivity index (χ3v) is 4.77. The zero-order valence-corrected chi connectivity index (χ0v) is 17.6. The minimum atomic E-state index is -0.250. The van der Waals surface area contributed by atoms with E-state index in [1.165, 1.54) is 5.56 Å². The molecule has 0 bridgehead atoms. The lowest BCUT2D eigenvalue weighted by atomic mass is 9.98. The number of hydrogen-bond acceptors (Lipinski definition) is 1. The van der Waals surface area contributed by atoms with E-state index >= 15 is 4.39 Å². The third-order valence-electron chi connectivity index (χ3n) is 4.77. The van der Waals surface area contributed by atoms with Gasteiger partial charge in [0.1, 0.15) is 11.6 Å². The van der Waals surface area contributed by atoms with Gasteiger partial charge in [-0.25, -0.2) is 4.39 Å². The number of rotatable bonds is 1. The fraction of sp³-hybridized carbons (Fsp3) is 0.214. The van der Waals surface area contributed by atoms with Crippen molar-refractivity contribution in [2.45, 2.75) is 39.5 Å². The maximum absolute atomic E-state index is 15.2. The molecule has 150 valence electrons. The van der Waals surface area contributed by atoms with Gasteiger partial charge < -0.3 is 5.11 Å². The van der Waals surface area contributed by atoms with Crippen molar-refractivity contribution in [3.8, 4) is 29.4 Å². The third kappa shape index (κ3) is 5.31. The topological polar surface area (TPSA) is 20.2 Å². The summed E-state index contributed by atoms with van der Waals surface area (Å²) in [7, 11) is 0. The van der Waals surface area contributed by atoms with Gasteiger partial charge in [0.2, 0.25) is 0 Å². The molecule has 0 amide bonds. The molecule has 3 aromatic carbocycles. The van der Waals surface area contributed by atoms with Gasteiger partial charge in [-0.15, -0.1) is 0 Å². The quantitative estimate of drug-likeness (QED) is 0.463. The van der Waals surface area contributed by atoms with Crippen LogP contribution in [0.15, 0.2) is 60.7 Å². The second-order valence-electron chi connectivity index (χ2n) is 7.08. The lowest BCUT2D eigenvalue weighted by molar-refractivity contribution is 0.475. The molecule has 0 spiro atoms. The SMILES string of the molecule is CC.Cc1ccc(C#Cc2ccc(C#Cc3ccc(O)cc3)c(C3CC3)c2F)cc1. The second-order valence-corrected chi connectivity index (χ2v) is 7.08. The summed E-state index contributed by atoms with van der Waals surface area (Å²) in [5.41, 5.74) is 4.63. The van der Waals surface area contributed by atoms with Crippen molar-refractivity contribution in [2.75, 3.05) is 0 Å². The minimum Gasteiger partial charge on any atom is -0.508 e. The largest absolute Gasteiger partial charge is 0.508 e. The molecule has 0 aromatic heterocycles. The zero-order valence-electron chi connectivity index (χ0n) is 17.6. The van der Waals surface area contributed by atoms with Crippen LogP contribution in [0.25, 0.3) is 0 Å². The van der Waals surface area contributed by atoms with Gasteiger partial charge in [-0.2, -0.15) is 0 Å². The molecule has 4 rings (SSSR count). The highest BCUT2D eigenvalue weighted by Crippen LogP contribution is 2.43. The van der Waals surface area contributed by atoms with Crippen molar-refractivity contribution in [3.05, 3.63) is 99.9 Å². The number of hydrogen-bond donors (Lipinski definition) is 1. The first-order valence-corrected chi connectivity index (χ1v) is 10.3. The van der Waals surface area contributed by atoms with Crippen molar-refractivity contribution in [2.24, 2.45) is 0 Å². The lowest BCUT2D eigenvalue weighted by Gasteiger charge is -2.06. The summed E-state index contributed by atoms with van der Waals surface area (Å²) in [5, 5.41) is 9.37. The van der Waals surface area contributed by atoms with E-state index in [9.17, 15) is 5.11 Å². The van der Waals surface area contributed by atoms with E-state index in [4.69, 9.17) is 0 Å². The average Bonchev–Trinajstić information content (AvgIpc) is 3.60. The second kappa shape index (κ2) is 9.82. The number of phenols is 1. The molecule has 1 N–H and O–H groups in total. The fourth-order valence-corrected chi connectivity index (χ4v) is 3.03. The Morgan fingerprint density at radius 2 is 1.23 bits per heavy atom. The molecule has 0 aliphatic heterocycles. The number of halogens is 1. The zero-order chi connectivity index (χ0) is 21.5. The van der Waals surface area contributed by atoms with Crippen LogP contribution in [0.4, 0.5) is 4.39 Å². The summed E-state index contributed by atoms with van der Waals surface area (Å²) in [6, 6.07) is 18.1. The first kappa shape index (κ1) is 21.2. The van der Waals surface area contributed by atoms with Gasteiger partial charge in [0.05, 0.1) is 5.56 Å². The molecule has 1 nitrogen and oxygen atoms in total. The highest BCUT2D eigenvalue weighted by molar-refractivity contribution is 5.54. The van der Waals surface area contributed by atoms with Gasteiger partial charge in [-0.05, 0) is 74.2 Å². The van der Waals surface area contributed by atoms with Crippen LogP contribution in [0.5, 0.6) is 5.75 Å². The van der Waals surface area contributed by atoms with Crippen molar-refractivity contribution < 1.29 is 9.50 Å². The Morgan fingerprint density at radius 1 is 0.733 bits per heavy atom. The predicted octanol–water partition coefficient (Wildman–Crippen LogP) is 6.54. The molecular formula is C28H25FO. The highest BCUT2D eigenvalue weighted by atomic mass is 19.1. The molecule has 0 saturated heterocycles. The van der Waals surface area contributed by atoms with Crippen LogP contribution in [0, 0.1) is 36.4 Å². The Bertz CT molecular complexity index is 1130. The van der Waals surface area contributed by atoms with E-state index in [1.807, 2.05) is 51.1 Å².